The van der Waals surface area contributed by atoms with Gasteiger partial charge < -0.3 is 9.80 Å². The molecular weight excluding hydrogens is 578 g/mol. The van der Waals surface area contributed by atoms with E-state index in [0.29, 0.717) is 0 Å². The predicted molar refractivity (Wildman–Crippen MR) is 150 cm³/mol. The minimum atomic E-state index is -4.33. The maximum Gasteiger partial charge on any atom is 0.355 e. The summed E-state index contributed by atoms with van der Waals surface area (Å²) in [6, 6.07) is 9.90. The van der Waals surface area contributed by atoms with Gasteiger partial charge in [0.25, 0.3) is 0 Å². The van der Waals surface area contributed by atoms with E-state index < -0.39 is 37.9 Å². The second kappa shape index (κ2) is 10.7. The van der Waals surface area contributed by atoms with E-state index in [1.165, 1.54) is 42.5 Å². The molecule has 0 saturated carbocycles. The molecule has 1 aliphatic heterocycles. The number of aromatic nitrogens is 3. The van der Waals surface area contributed by atoms with E-state index in [4.69, 9.17) is 16.7 Å². The first-order valence-electron chi connectivity index (χ1n) is 12.3. The van der Waals surface area contributed by atoms with Crippen molar-refractivity contribution in [2.75, 3.05) is 24.5 Å². The number of fused-ring (bicyclic) bond motifs is 1. The van der Waals surface area contributed by atoms with E-state index >= 15 is 4.39 Å². The molecule has 0 aliphatic carbocycles. The summed E-state index contributed by atoms with van der Waals surface area (Å²) in [5, 5.41) is 5.34. The van der Waals surface area contributed by atoms with Gasteiger partial charge in [0, 0.05) is 25.7 Å². The number of anilines is 1. The van der Waals surface area contributed by atoms with Crippen LogP contribution in [0.2, 0.25) is 5.02 Å². The van der Waals surface area contributed by atoms with Crippen LogP contribution in [0.1, 0.15) is 6.92 Å². The van der Waals surface area contributed by atoms with Crippen molar-refractivity contribution < 1.29 is 22.0 Å². The zero-order valence-electron chi connectivity index (χ0n) is 21.6. The van der Waals surface area contributed by atoms with Crippen molar-refractivity contribution in [2.45, 2.75) is 17.9 Å². The average Bonchev–Trinajstić information content (AvgIpc) is 2.92. The Kier molecular flexibility index (Phi) is 7.36. The van der Waals surface area contributed by atoms with Crippen LogP contribution in [0.4, 0.5) is 14.6 Å². The van der Waals surface area contributed by atoms with Crippen LogP contribution < -0.4 is 15.7 Å². The Hall–Kier alpha value is -4.20. The maximum atomic E-state index is 15.7. The van der Waals surface area contributed by atoms with Crippen molar-refractivity contribution in [3.05, 3.63) is 88.3 Å². The first-order valence-corrected chi connectivity index (χ1v) is 14.2. The highest BCUT2D eigenvalue weighted by molar-refractivity contribution is 7.89. The molecule has 0 radical (unpaired) electrons. The number of sulfonamides is 1. The Labute approximate surface area is 238 Å². The van der Waals surface area contributed by atoms with Crippen LogP contribution in [0.25, 0.3) is 28.0 Å². The summed E-state index contributed by atoms with van der Waals surface area (Å²) in [5.41, 5.74) is -2.15. The van der Waals surface area contributed by atoms with Crippen molar-refractivity contribution in [1.82, 2.24) is 19.4 Å². The molecule has 1 saturated heterocycles. The second-order valence-corrected chi connectivity index (χ2v) is 11.3. The van der Waals surface area contributed by atoms with Gasteiger partial charge in [-0.05, 0) is 43.3 Å². The van der Waals surface area contributed by atoms with Gasteiger partial charge in [-0.2, -0.15) is 4.98 Å². The SMILES string of the molecule is C=CC(=O)N1CCN(c2nc(=O)n(-c3ccccc3S(N)(=O)=O)c3nc(-c4c(F)cccc4Cl)c(F)cc23)[C@@H](C)C1. The Morgan fingerprint density at radius 3 is 2.51 bits per heavy atom. The quantitative estimate of drug-likeness (QED) is 0.348. The van der Waals surface area contributed by atoms with E-state index in [0.717, 1.165) is 16.7 Å². The minimum absolute atomic E-state index is 0.0397. The van der Waals surface area contributed by atoms with Crippen LogP contribution in [0, 0.1) is 11.6 Å². The van der Waals surface area contributed by atoms with Gasteiger partial charge in [-0.15, -0.1) is 0 Å². The lowest BCUT2D eigenvalue weighted by molar-refractivity contribution is -0.126. The summed E-state index contributed by atoms with van der Waals surface area (Å²) >= 11 is 6.21. The van der Waals surface area contributed by atoms with E-state index in [2.05, 4.69) is 16.5 Å². The molecule has 0 unspecified atom stereocenters. The number of nitrogens with zero attached hydrogens (tertiary/aromatic N) is 5. The first kappa shape index (κ1) is 28.3. The summed E-state index contributed by atoms with van der Waals surface area (Å²) in [5.74, 6) is -2.01. The number of piperazine rings is 1. The fourth-order valence-electron chi connectivity index (χ4n) is 4.93. The third-order valence-corrected chi connectivity index (χ3v) is 8.07. The third kappa shape index (κ3) is 5.07. The minimum Gasteiger partial charge on any atom is -0.350 e. The summed E-state index contributed by atoms with van der Waals surface area (Å²) in [7, 11) is -4.33. The molecule has 5 rings (SSSR count). The number of carbonyl (C=O) groups excluding carboxylic acids is 1. The van der Waals surface area contributed by atoms with Crippen LogP contribution in [0.3, 0.4) is 0 Å². The summed E-state index contributed by atoms with van der Waals surface area (Å²) < 4.78 is 56.3. The van der Waals surface area contributed by atoms with Gasteiger partial charge in [-0.1, -0.05) is 36.4 Å². The van der Waals surface area contributed by atoms with Gasteiger partial charge in [0.1, 0.15) is 22.2 Å². The number of amides is 1. The molecule has 1 amide bonds. The molecule has 1 aliphatic rings. The molecule has 10 nitrogen and oxygen atoms in total. The number of para-hydroxylation sites is 1. The molecule has 0 spiro atoms. The zero-order chi connectivity index (χ0) is 29.6. The van der Waals surface area contributed by atoms with Crippen molar-refractivity contribution in [3.8, 4) is 16.9 Å². The van der Waals surface area contributed by atoms with Gasteiger partial charge >= 0.3 is 5.69 Å². The highest BCUT2D eigenvalue weighted by Gasteiger charge is 2.31. The zero-order valence-corrected chi connectivity index (χ0v) is 23.2. The fraction of sp³-hybridized carbons (Fsp3) is 0.185. The Balaban J connectivity index is 1.83. The Morgan fingerprint density at radius 1 is 1.12 bits per heavy atom. The number of pyridine rings is 1. The average molecular weight is 601 g/mol. The molecule has 4 aromatic rings. The third-order valence-electron chi connectivity index (χ3n) is 6.80. The van der Waals surface area contributed by atoms with Gasteiger partial charge in [-0.3, -0.25) is 4.79 Å². The molecule has 2 aromatic carbocycles. The molecule has 2 aromatic heterocycles. The van der Waals surface area contributed by atoms with Crippen LogP contribution in [0.5, 0.6) is 0 Å². The van der Waals surface area contributed by atoms with E-state index in [-0.39, 0.29) is 64.7 Å². The smallest absolute Gasteiger partial charge is 0.350 e. The lowest BCUT2D eigenvalue weighted by Crippen LogP contribution is -2.54. The van der Waals surface area contributed by atoms with Crippen molar-refractivity contribution >= 4 is 44.4 Å². The lowest BCUT2D eigenvalue weighted by Gasteiger charge is -2.40. The van der Waals surface area contributed by atoms with Gasteiger partial charge in [0.05, 0.1) is 21.7 Å². The molecule has 14 heteroatoms. The molecule has 2 N–H and O–H groups in total. The molecule has 3 heterocycles. The number of primary sulfonamides is 1. The Morgan fingerprint density at radius 2 is 1.85 bits per heavy atom. The molecule has 1 atom stereocenters. The normalized spacial score (nSPS) is 15.8. The first-order chi connectivity index (χ1) is 19.4. The highest BCUT2D eigenvalue weighted by Crippen LogP contribution is 2.35. The molecule has 1 fully saturated rings. The van der Waals surface area contributed by atoms with Gasteiger partial charge in [-0.25, -0.2) is 36.7 Å². The van der Waals surface area contributed by atoms with Crippen LogP contribution >= 0.6 is 11.6 Å². The van der Waals surface area contributed by atoms with Crippen molar-refractivity contribution in [3.63, 3.8) is 0 Å². The number of nitrogens with two attached hydrogens (primary N) is 1. The summed E-state index contributed by atoms with van der Waals surface area (Å²) in [6.45, 7) is 6.09. The number of carbonyl (C=O) groups is 1. The monoisotopic (exact) mass is 600 g/mol. The van der Waals surface area contributed by atoms with E-state index in [9.17, 15) is 22.4 Å². The summed E-state index contributed by atoms with van der Waals surface area (Å²) in [6.07, 6.45) is 1.20. The topological polar surface area (TPSA) is 131 Å². The van der Waals surface area contributed by atoms with E-state index in [1.54, 1.807) is 16.7 Å². The van der Waals surface area contributed by atoms with Crippen LogP contribution in [-0.4, -0.2) is 59.4 Å². The van der Waals surface area contributed by atoms with Gasteiger partial charge in [0.15, 0.2) is 11.5 Å². The van der Waals surface area contributed by atoms with Crippen LogP contribution in [-0.2, 0) is 14.8 Å². The second-order valence-electron chi connectivity index (χ2n) is 9.38. The number of hydrogen-bond acceptors (Lipinski definition) is 7. The molecule has 0 bridgehead atoms. The Bertz CT molecular complexity index is 1880. The molecule has 212 valence electrons. The standard InChI is InChI=1S/C27H23ClF2N6O4S/c1-3-22(37)34-11-12-35(15(2)14-34)25-16-13-19(30)24(23-17(28)7-6-8-18(23)29)32-26(16)36(27(38)33-25)20-9-4-5-10-21(20)41(31,39)40/h3-10,13,15H,1,11-12,14H2,2H3,(H2,31,39,40)/t15-/m0/s1. The number of halogens is 3. The molecule has 41 heavy (non-hydrogen) atoms. The number of benzene rings is 2. The largest absolute Gasteiger partial charge is 0.355 e. The number of hydrogen-bond donors (Lipinski definition) is 1. The molecular formula is C27H23ClF2N6O4S. The van der Waals surface area contributed by atoms with Gasteiger partial charge in [0.2, 0.25) is 15.9 Å². The lowest BCUT2D eigenvalue weighted by atomic mass is 10.1. The summed E-state index contributed by atoms with van der Waals surface area (Å²) in [4.78, 5) is 37.3. The maximum absolute atomic E-state index is 15.7. The van der Waals surface area contributed by atoms with Crippen LogP contribution in [0.15, 0.2) is 70.9 Å². The number of rotatable bonds is 5. The van der Waals surface area contributed by atoms with E-state index in [1.807, 2.05) is 0 Å². The highest BCUT2D eigenvalue weighted by atomic mass is 35.5. The predicted octanol–water partition coefficient (Wildman–Crippen LogP) is 3.25. The van der Waals surface area contributed by atoms with Crippen molar-refractivity contribution in [2.24, 2.45) is 5.14 Å². The van der Waals surface area contributed by atoms with Crippen molar-refractivity contribution in [1.29, 1.82) is 0 Å². The fourth-order valence-corrected chi connectivity index (χ4v) is 5.90.